The molecule has 0 fully saturated rings. The fourth-order valence-corrected chi connectivity index (χ4v) is 1.82. The second-order valence-corrected chi connectivity index (χ2v) is 4.83. The monoisotopic (exact) mass is 253 g/mol. The van der Waals surface area contributed by atoms with Crippen LogP contribution in [-0.2, 0) is 4.84 Å². The van der Waals surface area contributed by atoms with Crippen LogP contribution in [0.2, 0.25) is 0 Å². The Hall–Kier alpha value is -2.09. The first kappa shape index (κ1) is 13.3. The number of benzene rings is 2. The fourth-order valence-electron chi connectivity index (χ4n) is 1.82. The highest BCUT2D eigenvalue weighted by molar-refractivity contribution is 6.12. The lowest BCUT2D eigenvalue weighted by molar-refractivity contribution is 0.0863. The van der Waals surface area contributed by atoms with Crippen molar-refractivity contribution in [2.24, 2.45) is 5.16 Å². The van der Waals surface area contributed by atoms with Crippen LogP contribution in [0.3, 0.4) is 0 Å². The zero-order chi connectivity index (χ0) is 13.7. The van der Waals surface area contributed by atoms with Crippen molar-refractivity contribution in [3.63, 3.8) is 0 Å². The Kier molecular flexibility index (Phi) is 4.35. The molecule has 0 aliphatic rings. The number of rotatable bonds is 4. The predicted octanol–water partition coefficient (Wildman–Crippen LogP) is 4.17. The molecule has 0 bridgehead atoms. The highest BCUT2D eigenvalue weighted by Gasteiger charge is 2.08. The van der Waals surface area contributed by atoms with Crippen LogP contribution in [0.1, 0.15) is 30.5 Å². The molecular formula is C17H19NO. The van der Waals surface area contributed by atoms with Gasteiger partial charge in [0.25, 0.3) is 0 Å². The van der Waals surface area contributed by atoms with Crippen LogP contribution in [0.5, 0.6) is 0 Å². The average molecular weight is 253 g/mol. The van der Waals surface area contributed by atoms with Gasteiger partial charge in [-0.2, -0.15) is 0 Å². The predicted molar refractivity (Wildman–Crippen MR) is 79.5 cm³/mol. The van der Waals surface area contributed by atoms with Crippen LogP contribution in [-0.4, -0.2) is 11.8 Å². The molecule has 0 aliphatic carbocycles. The summed E-state index contributed by atoms with van der Waals surface area (Å²) in [6, 6.07) is 18.4. The van der Waals surface area contributed by atoms with E-state index in [0.717, 1.165) is 16.8 Å². The first-order valence-corrected chi connectivity index (χ1v) is 6.53. The van der Waals surface area contributed by atoms with Crippen LogP contribution >= 0.6 is 0 Å². The van der Waals surface area contributed by atoms with Gasteiger partial charge >= 0.3 is 0 Å². The second kappa shape index (κ2) is 6.19. The summed E-state index contributed by atoms with van der Waals surface area (Å²) in [5.41, 5.74) is 4.23. The molecule has 0 radical (unpaired) electrons. The summed E-state index contributed by atoms with van der Waals surface area (Å²) < 4.78 is 0. The number of hydrogen-bond acceptors (Lipinski definition) is 2. The molecule has 0 N–H and O–H groups in total. The normalized spacial score (nSPS) is 11.7. The van der Waals surface area contributed by atoms with Gasteiger partial charge in [0.1, 0.15) is 11.8 Å². The van der Waals surface area contributed by atoms with Gasteiger partial charge < -0.3 is 4.84 Å². The van der Waals surface area contributed by atoms with Crippen LogP contribution in [0, 0.1) is 6.92 Å². The van der Waals surface area contributed by atoms with Gasteiger partial charge in [0.05, 0.1) is 0 Å². The largest absolute Gasteiger partial charge is 0.393 e. The summed E-state index contributed by atoms with van der Waals surface area (Å²) in [6.45, 7) is 6.03. The molecule has 0 atom stereocenters. The average Bonchev–Trinajstić information content (AvgIpc) is 2.40. The SMILES string of the molecule is Cc1cccc(C(=NOC(C)C)c2ccccc2)c1. The number of aryl methyl sites for hydroxylation is 1. The molecule has 0 amide bonds. The lowest BCUT2D eigenvalue weighted by Gasteiger charge is -2.09. The highest BCUT2D eigenvalue weighted by atomic mass is 16.6. The van der Waals surface area contributed by atoms with E-state index in [4.69, 9.17) is 4.84 Å². The van der Waals surface area contributed by atoms with E-state index < -0.39 is 0 Å². The van der Waals surface area contributed by atoms with Gasteiger partial charge in [0.15, 0.2) is 0 Å². The maximum absolute atomic E-state index is 5.44. The third-order valence-electron chi connectivity index (χ3n) is 2.69. The molecule has 0 aliphatic heterocycles. The summed E-state index contributed by atoms with van der Waals surface area (Å²) in [7, 11) is 0. The molecule has 2 aromatic carbocycles. The molecule has 0 saturated carbocycles. The smallest absolute Gasteiger partial charge is 0.122 e. The molecule has 0 unspecified atom stereocenters. The van der Waals surface area contributed by atoms with Crippen molar-refractivity contribution in [2.45, 2.75) is 26.9 Å². The molecule has 19 heavy (non-hydrogen) atoms. The number of oxime groups is 1. The van der Waals surface area contributed by atoms with E-state index in [2.05, 4.69) is 30.3 Å². The summed E-state index contributed by atoms with van der Waals surface area (Å²) in [5.74, 6) is 0. The summed E-state index contributed by atoms with van der Waals surface area (Å²) in [5, 5.41) is 4.32. The van der Waals surface area contributed by atoms with Crippen LogP contribution in [0.15, 0.2) is 59.8 Å². The third kappa shape index (κ3) is 3.68. The Morgan fingerprint density at radius 3 is 2.26 bits per heavy atom. The summed E-state index contributed by atoms with van der Waals surface area (Å²) >= 11 is 0. The van der Waals surface area contributed by atoms with E-state index in [1.807, 2.05) is 50.2 Å². The molecular weight excluding hydrogens is 234 g/mol. The van der Waals surface area contributed by atoms with Crippen molar-refractivity contribution in [1.82, 2.24) is 0 Å². The minimum Gasteiger partial charge on any atom is -0.393 e. The van der Waals surface area contributed by atoms with Gasteiger partial charge in [0.2, 0.25) is 0 Å². The van der Waals surface area contributed by atoms with E-state index in [9.17, 15) is 0 Å². The van der Waals surface area contributed by atoms with E-state index >= 15 is 0 Å². The van der Waals surface area contributed by atoms with E-state index in [1.165, 1.54) is 5.56 Å². The maximum atomic E-state index is 5.44. The quantitative estimate of drug-likeness (QED) is 0.592. The first-order chi connectivity index (χ1) is 9.16. The molecule has 2 heteroatoms. The Morgan fingerprint density at radius 1 is 0.947 bits per heavy atom. The minimum atomic E-state index is 0.0727. The van der Waals surface area contributed by atoms with Gasteiger partial charge in [-0.25, -0.2) is 0 Å². The van der Waals surface area contributed by atoms with Crippen molar-refractivity contribution >= 4 is 5.71 Å². The van der Waals surface area contributed by atoms with Crippen molar-refractivity contribution in [3.8, 4) is 0 Å². The second-order valence-electron chi connectivity index (χ2n) is 4.83. The molecule has 2 rings (SSSR count). The third-order valence-corrected chi connectivity index (χ3v) is 2.69. The summed E-state index contributed by atoms with van der Waals surface area (Å²) in [6.07, 6.45) is 0.0727. The topological polar surface area (TPSA) is 21.6 Å². The van der Waals surface area contributed by atoms with Gasteiger partial charge in [-0.15, -0.1) is 0 Å². The van der Waals surface area contributed by atoms with Crippen LogP contribution in [0.25, 0.3) is 0 Å². The Balaban J connectivity index is 2.43. The molecule has 0 heterocycles. The lowest BCUT2D eigenvalue weighted by atomic mass is 10.0. The van der Waals surface area contributed by atoms with Gasteiger partial charge in [-0.3, -0.25) is 0 Å². The highest BCUT2D eigenvalue weighted by Crippen LogP contribution is 2.13. The fraction of sp³-hybridized carbons (Fsp3) is 0.235. The molecule has 0 saturated heterocycles. The van der Waals surface area contributed by atoms with Crippen LogP contribution < -0.4 is 0 Å². The van der Waals surface area contributed by atoms with Crippen molar-refractivity contribution in [3.05, 3.63) is 71.3 Å². The van der Waals surface area contributed by atoms with Crippen molar-refractivity contribution in [2.75, 3.05) is 0 Å². The molecule has 2 aromatic rings. The van der Waals surface area contributed by atoms with E-state index in [-0.39, 0.29) is 6.10 Å². The van der Waals surface area contributed by atoms with Gasteiger partial charge in [-0.1, -0.05) is 59.3 Å². The van der Waals surface area contributed by atoms with Crippen molar-refractivity contribution < 1.29 is 4.84 Å². The van der Waals surface area contributed by atoms with Gasteiger partial charge in [-0.05, 0) is 26.8 Å². The Labute approximate surface area is 114 Å². The van der Waals surface area contributed by atoms with E-state index in [1.54, 1.807) is 0 Å². The minimum absolute atomic E-state index is 0.0727. The zero-order valence-corrected chi connectivity index (χ0v) is 11.6. The number of hydrogen-bond donors (Lipinski definition) is 0. The maximum Gasteiger partial charge on any atom is 0.122 e. The van der Waals surface area contributed by atoms with Gasteiger partial charge in [0, 0.05) is 11.1 Å². The molecule has 0 spiro atoms. The van der Waals surface area contributed by atoms with Crippen molar-refractivity contribution in [1.29, 1.82) is 0 Å². The van der Waals surface area contributed by atoms with E-state index in [0.29, 0.717) is 0 Å². The van der Waals surface area contributed by atoms with Crippen LogP contribution in [0.4, 0.5) is 0 Å². The zero-order valence-electron chi connectivity index (χ0n) is 11.6. The Bertz CT molecular complexity index is 558. The number of nitrogens with zero attached hydrogens (tertiary/aromatic N) is 1. The lowest BCUT2D eigenvalue weighted by Crippen LogP contribution is -2.07. The molecule has 2 nitrogen and oxygen atoms in total. The Morgan fingerprint density at radius 2 is 1.63 bits per heavy atom. The summed E-state index contributed by atoms with van der Waals surface area (Å²) in [4.78, 5) is 5.44. The molecule has 0 aromatic heterocycles. The molecule has 98 valence electrons. The standard InChI is InChI=1S/C17H19NO/c1-13(2)19-18-17(15-9-5-4-6-10-15)16-11-7-8-14(3)12-16/h4-13H,1-3H3. The first-order valence-electron chi connectivity index (χ1n) is 6.53.